The van der Waals surface area contributed by atoms with E-state index >= 15 is 0 Å². The molecular formula is C19H15N5O3. The number of benzene rings is 2. The van der Waals surface area contributed by atoms with Crippen LogP contribution in [0.25, 0.3) is 16.7 Å². The molecule has 2 aromatic heterocycles. The second kappa shape index (κ2) is 6.75. The van der Waals surface area contributed by atoms with Gasteiger partial charge in [-0.05, 0) is 24.3 Å². The molecule has 4 rings (SSSR count). The Kier molecular flexibility index (Phi) is 4.13. The smallest absolute Gasteiger partial charge is 0.283 e. The molecule has 2 heterocycles. The van der Waals surface area contributed by atoms with E-state index in [1.807, 2.05) is 30.3 Å². The summed E-state index contributed by atoms with van der Waals surface area (Å²) >= 11 is 0. The lowest BCUT2D eigenvalue weighted by atomic mass is 10.2. The van der Waals surface area contributed by atoms with Crippen LogP contribution in [0.4, 0.5) is 0 Å². The normalized spacial score (nSPS) is 10.7. The second-order valence-electron chi connectivity index (χ2n) is 5.69. The topological polar surface area (TPSA) is 91.0 Å². The number of hydrogen-bond acceptors (Lipinski definition) is 5. The van der Waals surface area contributed by atoms with Crippen molar-refractivity contribution in [2.45, 2.75) is 0 Å². The van der Waals surface area contributed by atoms with Crippen LogP contribution in [-0.2, 0) is 0 Å². The minimum Gasteiger partial charge on any atom is -0.496 e. The van der Waals surface area contributed by atoms with E-state index in [0.717, 1.165) is 10.4 Å². The van der Waals surface area contributed by atoms with Gasteiger partial charge in [-0.3, -0.25) is 15.0 Å². The van der Waals surface area contributed by atoms with E-state index in [1.165, 1.54) is 19.6 Å². The Morgan fingerprint density at radius 2 is 1.81 bits per heavy atom. The molecule has 0 aliphatic carbocycles. The standard InChI is InChI=1S/C19H15N5O3/c1-27-16-10-6-5-9-14(16)18(25)22-23-12-20-17-15(19(23)26)11-21-24(17)13-7-3-2-4-8-13/h2-12H,1H3,(H,22,25). The van der Waals surface area contributed by atoms with Crippen LogP contribution in [0, 0.1) is 0 Å². The zero-order valence-corrected chi connectivity index (χ0v) is 14.4. The Labute approximate surface area is 153 Å². The summed E-state index contributed by atoms with van der Waals surface area (Å²) in [7, 11) is 1.48. The number of hydrogen-bond donors (Lipinski definition) is 1. The molecule has 134 valence electrons. The first-order chi connectivity index (χ1) is 13.2. The zero-order valence-electron chi connectivity index (χ0n) is 14.4. The molecule has 0 bridgehead atoms. The van der Waals surface area contributed by atoms with E-state index in [1.54, 1.807) is 28.9 Å². The van der Waals surface area contributed by atoms with E-state index in [4.69, 9.17) is 4.74 Å². The summed E-state index contributed by atoms with van der Waals surface area (Å²) in [6, 6.07) is 16.1. The second-order valence-corrected chi connectivity index (χ2v) is 5.69. The molecule has 2 aromatic carbocycles. The van der Waals surface area contributed by atoms with Crippen molar-refractivity contribution >= 4 is 16.9 Å². The summed E-state index contributed by atoms with van der Waals surface area (Å²) < 4.78 is 7.79. The molecule has 0 atom stereocenters. The number of nitrogens with one attached hydrogen (secondary N) is 1. The molecule has 0 spiro atoms. The highest BCUT2D eigenvalue weighted by Crippen LogP contribution is 2.17. The van der Waals surface area contributed by atoms with Gasteiger partial charge >= 0.3 is 0 Å². The quantitative estimate of drug-likeness (QED) is 0.600. The summed E-state index contributed by atoms with van der Waals surface area (Å²) in [6.07, 6.45) is 2.70. The maximum absolute atomic E-state index is 12.7. The van der Waals surface area contributed by atoms with Crippen molar-refractivity contribution in [1.29, 1.82) is 0 Å². The Morgan fingerprint density at radius 3 is 2.59 bits per heavy atom. The van der Waals surface area contributed by atoms with Gasteiger partial charge in [0.1, 0.15) is 17.5 Å². The molecule has 0 fully saturated rings. The molecule has 8 heteroatoms. The third-order valence-electron chi connectivity index (χ3n) is 4.06. The average Bonchev–Trinajstić information content (AvgIpc) is 3.15. The zero-order chi connectivity index (χ0) is 18.8. The van der Waals surface area contributed by atoms with E-state index in [2.05, 4.69) is 15.5 Å². The molecule has 4 aromatic rings. The fraction of sp³-hybridized carbons (Fsp3) is 0.0526. The number of amides is 1. The summed E-state index contributed by atoms with van der Waals surface area (Å²) in [4.78, 5) is 29.5. The summed E-state index contributed by atoms with van der Waals surface area (Å²) in [5, 5.41) is 4.53. The molecule has 0 saturated carbocycles. The van der Waals surface area contributed by atoms with Crippen LogP contribution in [0.3, 0.4) is 0 Å². The van der Waals surface area contributed by atoms with Gasteiger partial charge in [0.15, 0.2) is 5.65 Å². The van der Waals surface area contributed by atoms with Crippen LogP contribution in [0.1, 0.15) is 10.4 Å². The summed E-state index contributed by atoms with van der Waals surface area (Å²) in [5.74, 6) is -0.0693. The SMILES string of the molecule is COc1ccccc1C(=O)Nn1cnc2c(cnn2-c2ccccc2)c1=O. The molecule has 1 amide bonds. The maximum Gasteiger partial charge on any atom is 0.283 e. The lowest BCUT2D eigenvalue weighted by Gasteiger charge is -2.10. The van der Waals surface area contributed by atoms with Gasteiger partial charge in [0.25, 0.3) is 11.5 Å². The van der Waals surface area contributed by atoms with Gasteiger partial charge in [-0.15, -0.1) is 0 Å². The van der Waals surface area contributed by atoms with E-state index in [9.17, 15) is 9.59 Å². The van der Waals surface area contributed by atoms with Gasteiger partial charge in [-0.1, -0.05) is 30.3 Å². The number of aromatic nitrogens is 4. The summed E-state index contributed by atoms with van der Waals surface area (Å²) in [5.41, 5.74) is 3.61. The highest BCUT2D eigenvalue weighted by Gasteiger charge is 2.15. The van der Waals surface area contributed by atoms with Crippen LogP contribution in [0.2, 0.25) is 0 Å². The van der Waals surface area contributed by atoms with Crippen molar-refractivity contribution in [2.24, 2.45) is 0 Å². The number of ether oxygens (including phenoxy) is 1. The van der Waals surface area contributed by atoms with Gasteiger partial charge in [0.2, 0.25) is 0 Å². The molecule has 1 N–H and O–H groups in total. The molecule has 27 heavy (non-hydrogen) atoms. The number of carbonyl (C=O) groups excluding carboxylic acids is 1. The predicted octanol–water partition coefficient (Wildman–Crippen LogP) is 1.97. The van der Waals surface area contributed by atoms with Crippen molar-refractivity contribution < 1.29 is 9.53 Å². The molecule has 8 nitrogen and oxygen atoms in total. The Bertz CT molecular complexity index is 1180. The lowest BCUT2D eigenvalue weighted by molar-refractivity contribution is 0.100. The third-order valence-corrected chi connectivity index (χ3v) is 4.06. The highest BCUT2D eigenvalue weighted by molar-refractivity contribution is 6.02. The van der Waals surface area contributed by atoms with Gasteiger partial charge in [-0.25, -0.2) is 14.3 Å². The third kappa shape index (κ3) is 2.93. The average molecular weight is 361 g/mol. The van der Waals surface area contributed by atoms with E-state index in [-0.39, 0.29) is 0 Å². The molecule has 0 aliphatic rings. The van der Waals surface area contributed by atoms with Crippen LogP contribution in [0.15, 0.2) is 71.9 Å². The van der Waals surface area contributed by atoms with Gasteiger partial charge in [-0.2, -0.15) is 5.10 Å². The molecule has 0 aliphatic heterocycles. The van der Waals surface area contributed by atoms with Gasteiger partial charge < -0.3 is 4.74 Å². The van der Waals surface area contributed by atoms with Crippen molar-refractivity contribution in [1.82, 2.24) is 19.4 Å². The van der Waals surface area contributed by atoms with Crippen molar-refractivity contribution in [3.63, 3.8) is 0 Å². The largest absolute Gasteiger partial charge is 0.496 e. The maximum atomic E-state index is 12.7. The Morgan fingerprint density at radius 1 is 1.07 bits per heavy atom. The monoisotopic (exact) mass is 361 g/mol. The summed E-state index contributed by atoms with van der Waals surface area (Å²) in [6.45, 7) is 0. The Hall–Kier alpha value is -3.94. The fourth-order valence-corrected chi connectivity index (χ4v) is 2.75. The molecule has 0 saturated heterocycles. The highest BCUT2D eigenvalue weighted by atomic mass is 16.5. The molecule has 0 unspecified atom stereocenters. The first-order valence-electron chi connectivity index (χ1n) is 8.14. The van der Waals surface area contributed by atoms with E-state index < -0.39 is 11.5 Å². The van der Waals surface area contributed by atoms with Crippen LogP contribution in [0.5, 0.6) is 5.75 Å². The minimum atomic E-state index is -0.480. The predicted molar refractivity (Wildman–Crippen MR) is 99.8 cm³/mol. The van der Waals surface area contributed by atoms with E-state index in [0.29, 0.717) is 22.3 Å². The van der Waals surface area contributed by atoms with Gasteiger partial charge in [0, 0.05) is 0 Å². The van der Waals surface area contributed by atoms with Crippen molar-refractivity contribution in [3.05, 3.63) is 83.0 Å². The van der Waals surface area contributed by atoms with Crippen molar-refractivity contribution in [2.75, 3.05) is 12.5 Å². The first kappa shape index (κ1) is 16.5. The number of para-hydroxylation sites is 2. The molecule has 0 radical (unpaired) electrons. The number of methoxy groups -OCH3 is 1. The van der Waals surface area contributed by atoms with Crippen LogP contribution >= 0.6 is 0 Å². The minimum absolute atomic E-state index is 0.293. The number of nitrogens with zero attached hydrogens (tertiary/aromatic N) is 4. The van der Waals surface area contributed by atoms with Crippen LogP contribution in [-0.4, -0.2) is 32.5 Å². The number of rotatable bonds is 4. The van der Waals surface area contributed by atoms with Gasteiger partial charge in [0.05, 0.1) is 24.6 Å². The number of fused-ring (bicyclic) bond motifs is 1. The van der Waals surface area contributed by atoms with Crippen LogP contribution < -0.4 is 15.7 Å². The first-order valence-corrected chi connectivity index (χ1v) is 8.14. The number of carbonyl (C=O) groups is 1. The molecular weight excluding hydrogens is 346 g/mol. The van der Waals surface area contributed by atoms with Crippen molar-refractivity contribution in [3.8, 4) is 11.4 Å². The lowest BCUT2D eigenvalue weighted by Crippen LogP contribution is -2.33. The Balaban J connectivity index is 1.71. The fourth-order valence-electron chi connectivity index (χ4n) is 2.75.